The minimum absolute atomic E-state index is 0.175. The molecule has 1 fully saturated rings. The van der Waals surface area contributed by atoms with Crippen LogP contribution in [0.15, 0.2) is 24.5 Å². The first-order valence-electron chi connectivity index (χ1n) is 13.0. The van der Waals surface area contributed by atoms with E-state index in [0.29, 0.717) is 22.4 Å². The van der Waals surface area contributed by atoms with Crippen molar-refractivity contribution in [3.05, 3.63) is 41.5 Å². The van der Waals surface area contributed by atoms with Crippen molar-refractivity contribution in [2.75, 3.05) is 18.0 Å². The van der Waals surface area contributed by atoms with Gasteiger partial charge in [0.05, 0.1) is 11.3 Å². The third-order valence-electron chi connectivity index (χ3n) is 6.79. The summed E-state index contributed by atoms with van der Waals surface area (Å²) in [6, 6.07) is 2.99. The van der Waals surface area contributed by atoms with E-state index in [1.807, 2.05) is 20.8 Å². The largest absolute Gasteiger partial charge is 0.479 e. The molecule has 0 aromatic carbocycles. The van der Waals surface area contributed by atoms with Crippen molar-refractivity contribution in [2.24, 2.45) is 11.3 Å². The van der Waals surface area contributed by atoms with Gasteiger partial charge in [0.15, 0.2) is 6.10 Å². The summed E-state index contributed by atoms with van der Waals surface area (Å²) >= 11 is 0. The molecule has 0 saturated carbocycles. The Labute approximate surface area is 219 Å². The molecule has 1 N–H and O–H groups in total. The van der Waals surface area contributed by atoms with Gasteiger partial charge in [0, 0.05) is 54.3 Å². The van der Waals surface area contributed by atoms with E-state index < -0.39 is 23.6 Å². The lowest BCUT2D eigenvalue weighted by atomic mass is 9.82. The van der Waals surface area contributed by atoms with Gasteiger partial charge in [0.25, 0.3) is 5.92 Å². The molecule has 3 heterocycles. The first-order valence-corrected chi connectivity index (χ1v) is 13.0. The number of aromatic nitrogens is 2. The second kappa shape index (κ2) is 10.6. The average Bonchev–Trinajstić information content (AvgIpc) is 2.76. The van der Waals surface area contributed by atoms with Crippen LogP contribution in [0.3, 0.4) is 0 Å². The Hall–Kier alpha value is -2.61. The van der Waals surface area contributed by atoms with Gasteiger partial charge in [-0.15, -0.1) is 0 Å². The molecule has 0 aliphatic carbocycles. The zero-order valence-electron chi connectivity index (χ0n) is 23.4. The zero-order valence-corrected chi connectivity index (χ0v) is 23.4. The van der Waals surface area contributed by atoms with Gasteiger partial charge >= 0.3 is 5.97 Å². The smallest absolute Gasteiger partial charge is 0.337 e. The molecule has 2 aromatic rings. The van der Waals surface area contributed by atoms with Crippen LogP contribution in [0.5, 0.6) is 0 Å². The third-order valence-corrected chi connectivity index (χ3v) is 6.79. The maximum absolute atomic E-state index is 14.7. The van der Waals surface area contributed by atoms with Crippen molar-refractivity contribution in [1.82, 2.24) is 9.97 Å². The van der Waals surface area contributed by atoms with Crippen molar-refractivity contribution in [3.63, 3.8) is 0 Å². The highest BCUT2D eigenvalue weighted by molar-refractivity contribution is 5.86. The number of halogens is 2. The van der Waals surface area contributed by atoms with Crippen LogP contribution in [0.4, 0.5) is 14.5 Å². The highest BCUT2D eigenvalue weighted by Crippen LogP contribution is 2.43. The molecule has 1 aliphatic heterocycles. The van der Waals surface area contributed by atoms with Gasteiger partial charge in [-0.25, -0.2) is 4.79 Å². The predicted octanol–water partition coefficient (Wildman–Crippen LogP) is 7.16. The molecular formula is C29H41F2N3O3. The van der Waals surface area contributed by atoms with Crippen LogP contribution in [-0.4, -0.2) is 39.7 Å². The lowest BCUT2D eigenvalue weighted by Gasteiger charge is -2.41. The molecule has 1 saturated heterocycles. The number of hydrogen-bond acceptors (Lipinski definition) is 5. The van der Waals surface area contributed by atoms with E-state index >= 15 is 0 Å². The summed E-state index contributed by atoms with van der Waals surface area (Å²) in [4.78, 5) is 23.4. The van der Waals surface area contributed by atoms with Crippen LogP contribution < -0.4 is 4.90 Å². The minimum Gasteiger partial charge on any atom is -0.479 e. The molecule has 0 spiro atoms. The monoisotopic (exact) mass is 517 g/mol. The number of ether oxygens (including phenoxy) is 1. The number of anilines is 1. The van der Waals surface area contributed by atoms with Crippen molar-refractivity contribution in [1.29, 1.82) is 0 Å². The Morgan fingerprint density at radius 3 is 2.24 bits per heavy atom. The van der Waals surface area contributed by atoms with Crippen molar-refractivity contribution >= 4 is 11.7 Å². The van der Waals surface area contributed by atoms with Crippen LogP contribution in [0.25, 0.3) is 11.1 Å². The lowest BCUT2D eigenvalue weighted by Crippen LogP contribution is -2.39. The molecule has 0 amide bonds. The molecule has 3 rings (SSSR count). The molecule has 37 heavy (non-hydrogen) atoms. The fourth-order valence-corrected chi connectivity index (χ4v) is 4.78. The summed E-state index contributed by atoms with van der Waals surface area (Å²) in [7, 11) is 0. The van der Waals surface area contributed by atoms with Gasteiger partial charge in [-0.3, -0.25) is 9.97 Å². The van der Waals surface area contributed by atoms with E-state index in [0.717, 1.165) is 31.6 Å². The highest BCUT2D eigenvalue weighted by atomic mass is 19.3. The Morgan fingerprint density at radius 1 is 1.14 bits per heavy atom. The van der Waals surface area contributed by atoms with Crippen molar-refractivity contribution in [3.8, 4) is 11.1 Å². The molecule has 2 aromatic heterocycles. The van der Waals surface area contributed by atoms with Crippen LogP contribution >= 0.6 is 0 Å². The zero-order chi connectivity index (χ0) is 27.8. The summed E-state index contributed by atoms with van der Waals surface area (Å²) in [5, 5.41) is 10.2. The molecule has 8 heteroatoms. The maximum Gasteiger partial charge on any atom is 0.337 e. The number of aryl methyl sites for hydroxylation is 1. The molecular weight excluding hydrogens is 476 g/mol. The fourth-order valence-electron chi connectivity index (χ4n) is 4.78. The summed E-state index contributed by atoms with van der Waals surface area (Å²) in [5.74, 6) is -4.30. The molecule has 0 radical (unpaired) electrons. The van der Waals surface area contributed by atoms with Crippen LogP contribution in [0, 0.1) is 18.3 Å². The van der Waals surface area contributed by atoms with Crippen LogP contribution in [0.1, 0.15) is 90.8 Å². The Morgan fingerprint density at radius 2 is 1.76 bits per heavy atom. The Balaban J connectivity index is 2.18. The molecule has 0 unspecified atom stereocenters. The molecule has 6 nitrogen and oxygen atoms in total. The van der Waals surface area contributed by atoms with Crippen LogP contribution in [0.2, 0.25) is 0 Å². The SMILES string of the molecule is Cc1ncc(-c2ccc(C(F)(F)CC(C)C)nc2)c(N2CCC(C)(C)CC2)c1[C@H](OC(C)(C)C)C(=O)O. The summed E-state index contributed by atoms with van der Waals surface area (Å²) in [6.07, 6.45) is 3.48. The number of carbonyl (C=O) groups is 1. The first-order chi connectivity index (χ1) is 17.0. The first kappa shape index (κ1) is 29.0. The van der Waals surface area contributed by atoms with Gasteiger partial charge < -0.3 is 14.7 Å². The number of hydrogen-bond donors (Lipinski definition) is 1. The van der Waals surface area contributed by atoms with Gasteiger partial charge in [0.2, 0.25) is 0 Å². The average molecular weight is 518 g/mol. The number of aliphatic carboxylic acids is 1. The predicted molar refractivity (Wildman–Crippen MR) is 142 cm³/mol. The van der Waals surface area contributed by atoms with E-state index in [2.05, 4.69) is 28.7 Å². The highest BCUT2D eigenvalue weighted by Gasteiger charge is 2.37. The number of piperidine rings is 1. The van der Waals surface area contributed by atoms with E-state index in [-0.39, 0.29) is 23.4 Å². The lowest BCUT2D eigenvalue weighted by molar-refractivity contribution is -0.160. The Kier molecular flexibility index (Phi) is 8.32. The van der Waals surface area contributed by atoms with E-state index in [9.17, 15) is 18.7 Å². The third kappa shape index (κ3) is 7.03. The molecule has 0 bridgehead atoms. The summed E-state index contributed by atoms with van der Waals surface area (Å²) in [5.41, 5.74) is 2.25. The number of pyridine rings is 2. The molecule has 204 valence electrons. The second-order valence-corrected chi connectivity index (χ2v) is 12.4. The number of rotatable bonds is 8. The topological polar surface area (TPSA) is 75.5 Å². The maximum atomic E-state index is 14.7. The minimum atomic E-state index is -3.03. The summed E-state index contributed by atoms with van der Waals surface area (Å²) in [6.45, 7) is 16.7. The van der Waals surface area contributed by atoms with Gasteiger partial charge in [-0.2, -0.15) is 8.78 Å². The second-order valence-electron chi connectivity index (χ2n) is 12.4. The Bertz CT molecular complexity index is 1100. The van der Waals surface area contributed by atoms with Gasteiger partial charge in [-0.1, -0.05) is 33.8 Å². The van der Waals surface area contributed by atoms with E-state index in [1.165, 1.54) is 12.3 Å². The normalized spacial score (nSPS) is 17.2. The van der Waals surface area contributed by atoms with Crippen molar-refractivity contribution in [2.45, 2.75) is 92.3 Å². The number of carboxylic acids is 1. The fraction of sp³-hybridized carbons (Fsp3) is 0.621. The van der Waals surface area contributed by atoms with Gasteiger partial charge in [-0.05, 0) is 57.9 Å². The van der Waals surface area contributed by atoms with E-state index in [4.69, 9.17) is 4.74 Å². The number of alkyl halides is 2. The summed E-state index contributed by atoms with van der Waals surface area (Å²) < 4.78 is 35.4. The standard InChI is InChI=1S/C29H41F2N3O3/c1-18(2)15-29(30,31)22-10-9-20(16-33-22)21-17-32-19(3)23(25(26(35)36)37-27(4,5)6)24(21)34-13-11-28(7,8)12-14-34/h9-10,16-18,25H,11-15H2,1-8H3,(H,35,36)/t25-/m0/s1. The van der Waals surface area contributed by atoms with Gasteiger partial charge in [0.1, 0.15) is 5.69 Å². The van der Waals surface area contributed by atoms with Crippen molar-refractivity contribution < 1.29 is 23.4 Å². The quantitative estimate of drug-likeness (QED) is 0.400. The molecule has 1 atom stereocenters. The van der Waals surface area contributed by atoms with E-state index in [1.54, 1.807) is 33.0 Å². The van der Waals surface area contributed by atoms with Crippen LogP contribution in [-0.2, 0) is 15.5 Å². The number of nitrogens with zero attached hydrogens (tertiary/aromatic N) is 3. The number of carboxylic acid groups (broad SMARTS) is 1. The molecule has 1 aliphatic rings.